The second-order valence-corrected chi connectivity index (χ2v) is 4.52. The molecule has 0 atom stereocenters. The maximum absolute atomic E-state index is 12.4. The lowest BCUT2D eigenvalue weighted by molar-refractivity contribution is 0.102. The van der Waals surface area contributed by atoms with Crippen LogP contribution in [0.2, 0.25) is 0 Å². The van der Waals surface area contributed by atoms with Gasteiger partial charge < -0.3 is 5.32 Å². The molecule has 1 N–H and O–H groups in total. The summed E-state index contributed by atoms with van der Waals surface area (Å²) in [7, 11) is 0. The van der Waals surface area contributed by atoms with Crippen LogP contribution in [0.1, 0.15) is 15.9 Å². The number of nitrogens with zero attached hydrogens (tertiary/aromatic N) is 2. The molecule has 0 unspecified atom stereocenters. The van der Waals surface area contributed by atoms with E-state index in [-0.39, 0.29) is 5.91 Å². The van der Waals surface area contributed by atoms with Crippen LogP contribution < -0.4 is 5.32 Å². The Hall–Kier alpha value is -3.19. The number of anilines is 1. The average Bonchev–Trinajstić information content (AvgIpc) is 2.54. The summed E-state index contributed by atoms with van der Waals surface area (Å²) < 4.78 is 0. The van der Waals surface area contributed by atoms with Gasteiger partial charge in [-0.05, 0) is 30.3 Å². The number of carbonyl (C=O) groups excluding carboxylic acids is 1. The largest absolute Gasteiger partial charge is 0.322 e. The molecule has 0 saturated heterocycles. The highest BCUT2D eigenvalue weighted by Gasteiger charge is 2.10. The van der Waals surface area contributed by atoms with E-state index in [1.807, 2.05) is 30.3 Å². The predicted octanol–water partition coefficient (Wildman–Crippen LogP) is 3.36. The Morgan fingerprint density at radius 2 is 1.95 bits per heavy atom. The average molecular weight is 273 g/mol. The monoisotopic (exact) mass is 273 g/mol. The van der Waals surface area contributed by atoms with E-state index in [0.717, 1.165) is 10.9 Å². The molecule has 0 aliphatic carbocycles. The van der Waals surface area contributed by atoms with E-state index < -0.39 is 0 Å². The summed E-state index contributed by atoms with van der Waals surface area (Å²) in [6.07, 6.45) is 1.61. The quantitative estimate of drug-likeness (QED) is 0.778. The van der Waals surface area contributed by atoms with Crippen molar-refractivity contribution in [3.8, 4) is 6.07 Å². The smallest absolute Gasteiger partial charge is 0.256 e. The number of fused-ring (bicyclic) bond motifs is 1. The lowest BCUT2D eigenvalue weighted by Crippen LogP contribution is -2.12. The topological polar surface area (TPSA) is 65.8 Å². The lowest BCUT2D eigenvalue weighted by Gasteiger charge is -2.07. The van der Waals surface area contributed by atoms with Crippen molar-refractivity contribution in [2.45, 2.75) is 0 Å². The van der Waals surface area contributed by atoms with Gasteiger partial charge in [-0.1, -0.05) is 24.3 Å². The maximum atomic E-state index is 12.4. The number of aromatic nitrogens is 1. The second-order valence-electron chi connectivity index (χ2n) is 4.52. The molecule has 1 heterocycles. The standard InChI is InChI=1S/C17H11N3O/c18-11-12-4-3-5-13(10-12)20-17(21)15-8-9-19-16-7-2-1-6-14(15)16/h1-10H,(H,20,21). The number of nitrogens with one attached hydrogen (secondary N) is 1. The molecule has 1 amide bonds. The SMILES string of the molecule is N#Cc1cccc(NC(=O)c2ccnc3ccccc23)c1. The molecule has 100 valence electrons. The van der Waals surface area contributed by atoms with E-state index in [1.54, 1.807) is 36.5 Å². The summed E-state index contributed by atoms with van der Waals surface area (Å²) in [5.41, 5.74) is 2.44. The zero-order valence-electron chi connectivity index (χ0n) is 11.1. The fraction of sp³-hybridized carbons (Fsp3) is 0. The van der Waals surface area contributed by atoms with Gasteiger partial charge in [-0.3, -0.25) is 9.78 Å². The molecule has 1 aromatic heterocycles. The zero-order valence-corrected chi connectivity index (χ0v) is 11.1. The minimum absolute atomic E-state index is 0.219. The van der Waals surface area contributed by atoms with E-state index in [4.69, 9.17) is 5.26 Å². The summed E-state index contributed by atoms with van der Waals surface area (Å²) in [6.45, 7) is 0. The number of nitriles is 1. The summed E-state index contributed by atoms with van der Waals surface area (Å²) in [6, 6.07) is 18.0. The Morgan fingerprint density at radius 1 is 1.10 bits per heavy atom. The highest BCUT2D eigenvalue weighted by Crippen LogP contribution is 2.18. The number of rotatable bonds is 2. The summed E-state index contributed by atoms with van der Waals surface area (Å²) in [5, 5.41) is 12.5. The first kappa shape index (κ1) is 12.8. The Kier molecular flexibility index (Phi) is 3.32. The van der Waals surface area contributed by atoms with Crippen LogP contribution >= 0.6 is 0 Å². The minimum atomic E-state index is -0.219. The minimum Gasteiger partial charge on any atom is -0.322 e. The van der Waals surface area contributed by atoms with Gasteiger partial charge in [-0.15, -0.1) is 0 Å². The van der Waals surface area contributed by atoms with E-state index in [0.29, 0.717) is 16.8 Å². The normalized spacial score (nSPS) is 10.0. The number of benzene rings is 2. The highest BCUT2D eigenvalue weighted by molar-refractivity contribution is 6.12. The Bertz CT molecular complexity index is 860. The molecular formula is C17H11N3O. The van der Waals surface area contributed by atoms with Crippen molar-refractivity contribution < 1.29 is 4.79 Å². The maximum Gasteiger partial charge on any atom is 0.256 e. The van der Waals surface area contributed by atoms with Crippen molar-refractivity contribution in [1.29, 1.82) is 5.26 Å². The van der Waals surface area contributed by atoms with Crippen LogP contribution in [0.5, 0.6) is 0 Å². The van der Waals surface area contributed by atoms with Gasteiger partial charge in [-0.25, -0.2) is 0 Å². The van der Waals surface area contributed by atoms with E-state index >= 15 is 0 Å². The summed E-state index contributed by atoms with van der Waals surface area (Å²) in [4.78, 5) is 16.6. The molecule has 0 saturated carbocycles. The van der Waals surface area contributed by atoms with Crippen LogP contribution in [0.15, 0.2) is 60.8 Å². The van der Waals surface area contributed by atoms with Gasteiger partial charge in [0, 0.05) is 17.3 Å². The predicted molar refractivity (Wildman–Crippen MR) is 80.9 cm³/mol. The molecule has 4 heteroatoms. The first-order valence-corrected chi connectivity index (χ1v) is 6.43. The summed E-state index contributed by atoms with van der Waals surface area (Å²) >= 11 is 0. The van der Waals surface area contributed by atoms with Gasteiger partial charge in [0.15, 0.2) is 0 Å². The molecule has 0 aliphatic rings. The van der Waals surface area contributed by atoms with Gasteiger partial charge in [-0.2, -0.15) is 5.26 Å². The van der Waals surface area contributed by atoms with Crippen LogP contribution in [-0.2, 0) is 0 Å². The molecular weight excluding hydrogens is 262 g/mol. The third-order valence-corrected chi connectivity index (χ3v) is 3.14. The van der Waals surface area contributed by atoms with Gasteiger partial charge in [0.2, 0.25) is 0 Å². The molecule has 3 rings (SSSR count). The van der Waals surface area contributed by atoms with Crippen LogP contribution in [-0.4, -0.2) is 10.9 Å². The molecule has 0 radical (unpaired) electrons. The fourth-order valence-electron chi connectivity index (χ4n) is 2.16. The molecule has 0 aliphatic heterocycles. The van der Waals surface area contributed by atoms with E-state index in [9.17, 15) is 4.79 Å². The lowest BCUT2D eigenvalue weighted by atomic mass is 10.1. The van der Waals surface area contributed by atoms with Crippen molar-refractivity contribution in [2.75, 3.05) is 5.32 Å². The van der Waals surface area contributed by atoms with Gasteiger partial charge in [0.05, 0.1) is 22.7 Å². The van der Waals surface area contributed by atoms with Crippen molar-refractivity contribution in [3.63, 3.8) is 0 Å². The molecule has 0 spiro atoms. The van der Waals surface area contributed by atoms with Gasteiger partial charge >= 0.3 is 0 Å². The number of hydrogen-bond donors (Lipinski definition) is 1. The second kappa shape index (κ2) is 5.43. The fourth-order valence-corrected chi connectivity index (χ4v) is 2.16. The van der Waals surface area contributed by atoms with Crippen molar-refractivity contribution in [1.82, 2.24) is 4.98 Å². The van der Waals surface area contributed by atoms with Crippen LogP contribution in [0.25, 0.3) is 10.9 Å². The Morgan fingerprint density at radius 3 is 2.81 bits per heavy atom. The molecule has 0 bridgehead atoms. The van der Waals surface area contributed by atoms with Crippen molar-refractivity contribution in [3.05, 3.63) is 71.9 Å². The Labute approximate surface area is 121 Å². The molecule has 0 fully saturated rings. The van der Waals surface area contributed by atoms with Crippen LogP contribution in [0.4, 0.5) is 5.69 Å². The highest BCUT2D eigenvalue weighted by atomic mass is 16.1. The third kappa shape index (κ3) is 2.58. The molecule has 21 heavy (non-hydrogen) atoms. The van der Waals surface area contributed by atoms with E-state index in [2.05, 4.69) is 10.3 Å². The number of amides is 1. The van der Waals surface area contributed by atoms with Gasteiger partial charge in [0.25, 0.3) is 5.91 Å². The Balaban J connectivity index is 1.96. The van der Waals surface area contributed by atoms with Crippen molar-refractivity contribution >= 4 is 22.5 Å². The first-order valence-electron chi connectivity index (χ1n) is 6.43. The van der Waals surface area contributed by atoms with Gasteiger partial charge in [0.1, 0.15) is 0 Å². The molecule has 4 nitrogen and oxygen atoms in total. The third-order valence-electron chi connectivity index (χ3n) is 3.14. The number of hydrogen-bond acceptors (Lipinski definition) is 3. The summed E-state index contributed by atoms with van der Waals surface area (Å²) in [5.74, 6) is -0.219. The van der Waals surface area contributed by atoms with Crippen LogP contribution in [0.3, 0.4) is 0 Å². The van der Waals surface area contributed by atoms with Crippen LogP contribution in [0, 0.1) is 11.3 Å². The van der Waals surface area contributed by atoms with Crippen molar-refractivity contribution in [2.24, 2.45) is 0 Å². The molecule has 2 aromatic carbocycles. The zero-order chi connectivity index (χ0) is 14.7. The first-order chi connectivity index (χ1) is 10.3. The number of para-hydroxylation sites is 1. The molecule has 3 aromatic rings. The van der Waals surface area contributed by atoms with E-state index in [1.165, 1.54) is 0 Å². The number of pyridine rings is 1. The number of carbonyl (C=O) groups is 1.